The maximum Gasteiger partial charge on any atom is 0.237 e. The van der Waals surface area contributed by atoms with Crippen LogP contribution in [0.2, 0.25) is 5.02 Å². The number of hydrogen-bond donors (Lipinski definition) is 1. The Hall–Kier alpha value is -2.42. The number of likely N-dealkylation sites (tertiary alicyclic amines) is 1. The van der Waals surface area contributed by atoms with Crippen LogP contribution >= 0.6 is 23.4 Å². The molecule has 1 fully saturated rings. The fourth-order valence-electron chi connectivity index (χ4n) is 3.92. The highest BCUT2D eigenvalue weighted by Crippen LogP contribution is 2.31. The summed E-state index contributed by atoms with van der Waals surface area (Å²) in [4.78, 5) is 15.2. The molecule has 6 nitrogen and oxygen atoms in total. The lowest BCUT2D eigenvalue weighted by Gasteiger charge is -2.32. The Morgan fingerprint density at radius 1 is 1.03 bits per heavy atom. The lowest BCUT2D eigenvalue weighted by Crippen LogP contribution is -2.33. The van der Waals surface area contributed by atoms with Crippen molar-refractivity contribution in [1.82, 2.24) is 19.7 Å². The average Bonchev–Trinajstić information content (AvgIpc) is 3.24. The molecule has 1 saturated heterocycles. The molecule has 0 aliphatic carbocycles. The Bertz CT molecular complexity index is 1080. The van der Waals surface area contributed by atoms with Crippen molar-refractivity contribution < 1.29 is 9.18 Å². The van der Waals surface area contributed by atoms with E-state index in [9.17, 15) is 9.18 Å². The lowest BCUT2D eigenvalue weighted by atomic mass is 10.1. The van der Waals surface area contributed by atoms with Crippen LogP contribution in [0.1, 0.15) is 45.0 Å². The molecule has 1 amide bonds. The highest BCUT2D eigenvalue weighted by Gasteiger charge is 2.27. The van der Waals surface area contributed by atoms with Crippen LogP contribution in [0.5, 0.6) is 0 Å². The zero-order valence-corrected chi connectivity index (χ0v) is 20.2. The van der Waals surface area contributed by atoms with Gasteiger partial charge in [0.05, 0.1) is 11.3 Å². The van der Waals surface area contributed by atoms with E-state index in [0.29, 0.717) is 15.9 Å². The molecule has 2 aromatic carbocycles. The van der Waals surface area contributed by atoms with Crippen LogP contribution in [0.25, 0.3) is 5.69 Å². The Morgan fingerprint density at radius 3 is 2.36 bits per heavy atom. The number of nitrogens with zero attached hydrogens (tertiary/aromatic N) is 4. The first-order valence-electron chi connectivity index (χ1n) is 11.1. The monoisotopic (exact) mass is 487 g/mol. The number of piperidine rings is 1. The van der Waals surface area contributed by atoms with E-state index < -0.39 is 5.25 Å². The SMILES string of the molecule is CC(Sc1nnc(C(C)N2CCCCC2)n1-c1ccc(F)cc1)C(=O)Nc1ccc(Cl)cc1. The standard InChI is InChI=1S/C24H27ClFN5OS/c1-16(30-14-4-3-5-15-30)22-28-29-24(31(22)21-12-8-19(26)9-13-21)33-17(2)23(32)27-20-10-6-18(25)7-11-20/h6-13,16-17H,3-5,14-15H2,1-2H3,(H,27,32). The average molecular weight is 488 g/mol. The quantitative estimate of drug-likeness (QED) is 0.431. The van der Waals surface area contributed by atoms with E-state index in [4.69, 9.17) is 11.6 Å². The lowest BCUT2D eigenvalue weighted by molar-refractivity contribution is -0.115. The molecular formula is C24H27ClFN5OS. The van der Waals surface area contributed by atoms with Crippen LogP contribution in [0.3, 0.4) is 0 Å². The Kier molecular flexibility index (Phi) is 7.67. The van der Waals surface area contributed by atoms with Gasteiger partial charge in [-0.2, -0.15) is 0 Å². The fraction of sp³-hybridized carbons (Fsp3) is 0.375. The van der Waals surface area contributed by atoms with Gasteiger partial charge in [0.1, 0.15) is 5.82 Å². The summed E-state index contributed by atoms with van der Waals surface area (Å²) in [5.41, 5.74) is 1.45. The summed E-state index contributed by atoms with van der Waals surface area (Å²) in [6.07, 6.45) is 3.58. The van der Waals surface area contributed by atoms with E-state index in [-0.39, 0.29) is 17.8 Å². The number of halogens is 2. The van der Waals surface area contributed by atoms with E-state index in [1.807, 2.05) is 11.5 Å². The van der Waals surface area contributed by atoms with Gasteiger partial charge in [-0.25, -0.2) is 4.39 Å². The largest absolute Gasteiger partial charge is 0.325 e. The summed E-state index contributed by atoms with van der Waals surface area (Å²) in [6, 6.07) is 13.3. The normalized spacial score (nSPS) is 16.4. The molecule has 1 aromatic heterocycles. The predicted octanol–water partition coefficient (Wildman–Crippen LogP) is 5.73. The minimum absolute atomic E-state index is 0.0513. The van der Waals surface area contributed by atoms with Crippen LogP contribution in [0, 0.1) is 5.82 Å². The van der Waals surface area contributed by atoms with Crippen molar-refractivity contribution >= 4 is 35.0 Å². The third-order valence-corrected chi connectivity index (χ3v) is 7.11. The van der Waals surface area contributed by atoms with E-state index in [1.165, 1.54) is 43.2 Å². The zero-order valence-electron chi connectivity index (χ0n) is 18.7. The molecule has 0 bridgehead atoms. The molecule has 4 rings (SSSR count). The van der Waals surface area contributed by atoms with E-state index in [0.717, 1.165) is 24.6 Å². The summed E-state index contributed by atoms with van der Waals surface area (Å²) >= 11 is 7.25. The first kappa shape index (κ1) is 23.7. The molecule has 33 heavy (non-hydrogen) atoms. The molecule has 0 spiro atoms. The predicted molar refractivity (Wildman–Crippen MR) is 131 cm³/mol. The number of rotatable bonds is 7. The molecule has 1 aliphatic rings. The molecule has 2 heterocycles. The third-order valence-electron chi connectivity index (χ3n) is 5.82. The first-order chi connectivity index (χ1) is 15.9. The molecule has 1 N–H and O–H groups in total. The number of nitrogens with one attached hydrogen (secondary N) is 1. The second-order valence-electron chi connectivity index (χ2n) is 8.18. The Balaban J connectivity index is 1.58. The molecule has 1 aliphatic heterocycles. The second-order valence-corrected chi connectivity index (χ2v) is 9.93. The number of thioether (sulfide) groups is 1. The van der Waals surface area contributed by atoms with Gasteiger partial charge in [0, 0.05) is 16.4 Å². The number of aromatic nitrogens is 3. The second kappa shape index (κ2) is 10.7. The summed E-state index contributed by atoms with van der Waals surface area (Å²) in [5.74, 6) is 0.334. The molecule has 9 heteroatoms. The molecule has 174 valence electrons. The van der Waals surface area contributed by atoms with Crippen molar-refractivity contribution in [2.24, 2.45) is 0 Å². The van der Waals surface area contributed by atoms with Crippen molar-refractivity contribution in [2.45, 2.75) is 49.6 Å². The number of carbonyl (C=O) groups excluding carboxylic acids is 1. The van der Waals surface area contributed by atoms with Crippen LogP contribution < -0.4 is 5.32 Å². The van der Waals surface area contributed by atoms with Gasteiger partial charge in [-0.05, 0) is 88.3 Å². The van der Waals surface area contributed by atoms with E-state index in [2.05, 4.69) is 27.3 Å². The van der Waals surface area contributed by atoms with Gasteiger partial charge in [-0.3, -0.25) is 14.3 Å². The van der Waals surface area contributed by atoms with Gasteiger partial charge < -0.3 is 5.32 Å². The Labute approximate surface area is 202 Å². The van der Waals surface area contributed by atoms with Gasteiger partial charge in [0.15, 0.2) is 11.0 Å². The maximum absolute atomic E-state index is 13.6. The van der Waals surface area contributed by atoms with Gasteiger partial charge in [0.2, 0.25) is 5.91 Å². The molecule has 2 unspecified atom stereocenters. The highest BCUT2D eigenvalue weighted by atomic mass is 35.5. The first-order valence-corrected chi connectivity index (χ1v) is 12.4. The molecule has 0 radical (unpaired) electrons. The minimum Gasteiger partial charge on any atom is -0.325 e. The van der Waals surface area contributed by atoms with Gasteiger partial charge in [-0.15, -0.1) is 10.2 Å². The molecular weight excluding hydrogens is 461 g/mol. The van der Waals surface area contributed by atoms with Crippen molar-refractivity contribution in [3.63, 3.8) is 0 Å². The van der Waals surface area contributed by atoms with Crippen molar-refractivity contribution in [3.05, 3.63) is 65.2 Å². The summed E-state index contributed by atoms with van der Waals surface area (Å²) in [6.45, 7) is 5.98. The number of benzene rings is 2. The van der Waals surface area contributed by atoms with Gasteiger partial charge >= 0.3 is 0 Å². The van der Waals surface area contributed by atoms with Gasteiger partial charge in [0.25, 0.3) is 0 Å². The van der Waals surface area contributed by atoms with Crippen molar-refractivity contribution in [2.75, 3.05) is 18.4 Å². The highest BCUT2D eigenvalue weighted by molar-refractivity contribution is 8.00. The minimum atomic E-state index is -0.429. The van der Waals surface area contributed by atoms with Crippen LogP contribution in [-0.4, -0.2) is 43.9 Å². The van der Waals surface area contributed by atoms with E-state index >= 15 is 0 Å². The van der Waals surface area contributed by atoms with Crippen LogP contribution in [0.15, 0.2) is 53.7 Å². The number of amides is 1. The van der Waals surface area contributed by atoms with Crippen molar-refractivity contribution in [3.8, 4) is 5.69 Å². The smallest absolute Gasteiger partial charge is 0.237 e. The molecule has 3 aromatic rings. The topological polar surface area (TPSA) is 63.1 Å². The fourth-order valence-corrected chi connectivity index (χ4v) is 4.92. The van der Waals surface area contributed by atoms with Crippen LogP contribution in [-0.2, 0) is 4.79 Å². The number of carbonyl (C=O) groups is 1. The summed E-state index contributed by atoms with van der Waals surface area (Å²) in [5, 5.41) is 12.6. The summed E-state index contributed by atoms with van der Waals surface area (Å²) < 4.78 is 15.6. The van der Waals surface area contributed by atoms with Gasteiger partial charge in [-0.1, -0.05) is 29.8 Å². The molecule has 0 saturated carbocycles. The molecule has 2 atom stereocenters. The number of anilines is 1. The zero-order chi connectivity index (χ0) is 23.4. The van der Waals surface area contributed by atoms with Crippen LogP contribution in [0.4, 0.5) is 10.1 Å². The van der Waals surface area contributed by atoms with Crippen molar-refractivity contribution in [1.29, 1.82) is 0 Å². The maximum atomic E-state index is 13.6. The third kappa shape index (κ3) is 5.75. The number of hydrogen-bond acceptors (Lipinski definition) is 5. The Morgan fingerprint density at radius 2 is 1.70 bits per heavy atom. The van der Waals surface area contributed by atoms with E-state index in [1.54, 1.807) is 36.4 Å². The summed E-state index contributed by atoms with van der Waals surface area (Å²) in [7, 11) is 0.